The predicted octanol–water partition coefficient (Wildman–Crippen LogP) is -0.157. The number of amides is 1. The minimum atomic E-state index is 0.0635. The molecule has 0 radical (unpaired) electrons. The quantitative estimate of drug-likeness (QED) is 0.514. The lowest BCUT2D eigenvalue weighted by Crippen LogP contribution is -2.34. The molecular weight excluding hydrogens is 208 g/mol. The number of rotatable bonds is 10. The van der Waals surface area contributed by atoms with Crippen molar-refractivity contribution in [2.24, 2.45) is 0 Å². The Kier molecular flexibility index (Phi) is 10.4. The lowest BCUT2D eigenvalue weighted by Gasteiger charge is -2.16. The minimum Gasteiger partial charge on any atom is -0.396 e. The number of hydrogen-bond donors (Lipinski definition) is 2. The summed E-state index contributed by atoms with van der Waals surface area (Å²) >= 11 is 0. The van der Waals surface area contributed by atoms with E-state index in [9.17, 15) is 4.79 Å². The first kappa shape index (κ1) is 15.3. The highest BCUT2D eigenvalue weighted by Crippen LogP contribution is 1.93. The van der Waals surface area contributed by atoms with Gasteiger partial charge >= 0.3 is 0 Å². The van der Waals surface area contributed by atoms with Crippen LogP contribution in [-0.2, 0) is 9.53 Å². The number of nitrogens with one attached hydrogen (secondary N) is 1. The third kappa shape index (κ3) is 9.89. The molecule has 0 bridgehead atoms. The summed E-state index contributed by atoms with van der Waals surface area (Å²) in [7, 11) is 3.67. The third-order valence-electron chi connectivity index (χ3n) is 2.30. The zero-order valence-electron chi connectivity index (χ0n) is 10.4. The number of methoxy groups -OCH3 is 1. The van der Waals surface area contributed by atoms with Gasteiger partial charge in [-0.1, -0.05) is 0 Å². The van der Waals surface area contributed by atoms with E-state index < -0.39 is 0 Å². The first-order valence-electron chi connectivity index (χ1n) is 5.75. The molecule has 16 heavy (non-hydrogen) atoms. The molecule has 5 nitrogen and oxygen atoms in total. The van der Waals surface area contributed by atoms with Gasteiger partial charge in [0.25, 0.3) is 0 Å². The lowest BCUT2D eigenvalue weighted by molar-refractivity contribution is -0.121. The molecule has 0 aromatic carbocycles. The molecule has 96 valence electrons. The van der Waals surface area contributed by atoms with Gasteiger partial charge in [0.15, 0.2) is 0 Å². The number of likely N-dealkylation sites (N-methyl/N-ethyl adjacent to an activating group) is 1. The van der Waals surface area contributed by atoms with Crippen LogP contribution in [0.25, 0.3) is 0 Å². The van der Waals surface area contributed by atoms with E-state index in [-0.39, 0.29) is 12.5 Å². The Morgan fingerprint density at radius 3 is 2.75 bits per heavy atom. The van der Waals surface area contributed by atoms with Crippen LogP contribution in [0.5, 0.6) is 0 Å². The number of ether oxygens (including phenoxy) is 1. The molecular formula is C11H24N2O3. The summed E-state index contributed by atoms with van der Waals surface area (Å²) < 4.78 is 4.95. The molecule has 2 N–H and O–H groups in total. The molecule has 0 aliphatic rings. The number of hydrogen-bond acceptors (Lipinski definition) is 4. The lowest BCUT2D eigenvalue weighted by atomic mass is 10.2. The minimum absolute atomic E-state index is 0.0635. The Bertz CT molecular complexity index is 177. The van der Waals surface area contributed by atoms with Gasteiger partial charge in [-0.3, -0.25) is 4.79 Å². The predicted molar refractivity (Wildman–Crippen MR) is 63.3 cm³/mol. The molecule has 0 unspecified atom stereocenters. The fourth-order valence-corrected chi connectivity index (χ4v) is 1.23. The third-order valence-corrected chi connectivity index (χ3v) is 2.30. The highest BCUT2D eigenvalue weighted by atomic mass is 16.5. The van der Waals surface area contributed by atoms with Crippen LogP contribution in [0.15, 0.2) is 0 Å². The van der Waals surface area contributed by atoms with E-state index in [0.717, 1.165) is 19.5 Å². The maximum atomic E-state index is 11.3. The average molecular weight is 232 g/mol. The van der Waals surface area contributed by atoms with Gasteiger partial charge in [-0.05, 0) is 19.9 Å². The normalized spacial score (nSPS) is 10.8. The van der Waals surface area contributed by atoms with Gasteiger partial charge in [0.1, 0.15) is 0 Å². The highest BCUT2D eigenvalue weighted by Gasteiger charge is 2.01. The highest BCUT2D eigenvalue weighted by molar-refractivity contribution is 5.75. The molecule has 0 saturated heterocycles. The van der Waals surface area contributed by atoms with Gasteiger partial charge in [-0.2, -0.15) is 0 Å². The molecule has 1 amide bonds. The molecule has 0 aromatic rings. The van der Waals surface area contributed by atoms with Crippen LogP contribution in [0.4, 0.5) is 0 Å². The maximum absolute atomic E-state index is 11.3. The number of aliphatic hydroxyl groups is 1. The fourth-order valence-electron chi connectivity index (χ4n) is 1.23. The monoisotopic (exact) mass is 232 g/mol. The molecule has 0 aliphatic carbocycles. The molecule has 0 rings (SSSR count). The summed E-state index contributed by atoms with van der Waals surface area (Å²) in [4.78, 5) is 13.4. The van der Waals surface area contributed by atoms with Crippen LogP contribution < -0.4 is 5.32 Å². The van der Waals surface area contributed by atoms with E-state index in [0.29, 0.717) is 26.0 Å². The van der Waals surface area contributed by atoms with Gasteiger partial charge in [-0.15, -0.1) is 0 Å². The smallest absolute Gasteiger partial charge is 0.220 e. The van der Waals surface area contributed by atoms with Crippen molar-refractivity contribution in [3.63, 3.8) is 0 Å². The molecule has 0 heterocycles. The van der Waals surface area contributed by atoms with Crippen LogP contribution in [0, 0.1) is 0 Å². The Morgan fingerprint density at radius 2 is 2.12 bits per heavy atom. The van der Waals surface area contributed by atoms with Crippen molar-refractivity contribution in [1.29, 1.82) is 0 Å². The van der Waals surface area contributed by atoms with Crippen LogP contribution in [0.1, 0.15) is 19.3 Å². The van der Waals surface area contributed by atoms with Gasteiger partial charge in [-0.25, -0.2) is 0 Å². The summed E-state index contributed by atoms with van der Waals surface area (Å²) in [6.07, 6.45) is 1.95. The number of nitrogens with zero attached hydrogens (tertiary/aromatic N) is 1. The van der Waals surface area contributed by atoms with Crippen molar-refractivity contribution in [3.8, 4) is 0 Å². The summed E-state index contributed by atoms with van der Waals surface area (Å²) in [6, 6.07) is 0. The summed E-state index contributed by atoms with van der Waals surface area (Å²) in [5, 5.41) is 11.4. The molecule has 0 aliphatic heterocycles. The number of aliphatic hydroxyl groups excluding tert-OH is 1. The maximum Gasteiger partial charge on any atom is 0.220 e. The van der Waals surface area contributed by atoms with Crippen LogP contribution >= 0.6 is 0 Å². The molecule has 0 spiro atoms. The van der Waals surface area contributed by atoms with Gasteiger partial charge in [0.05, 0.1) is 6.61 Å². The van der Waals surface area contributed by atoms with E-state index in [1.54, 1.807) is 7.11 Å². The topological polar surface area (TPSA) is 61.8 Å². The molecule has 0 atom stereocenters. The summed E-state index contributed by atoms with van der Waals surface area (Å²) in [5.41, 5.74) is 0. The molecule has 0 fully saturated rings. The van der Waals surface area contributed by atoms with Gasteiger partial charge < -0.3 is 20.1 Å². The first-order valence-corrected chi connectivity index (χ1v) is 5.75. The Morgan fingerprint density at radius 1 is 1.38 bits per heavy atom. The number of carbonyl (C=O) groups is 1. The van der Waals surface area contributed by atoms with Crippen LogP contribution in [0.2, 0.25) is 0 Å². The molecule has 0 saturated carbocycles. The van der Waals surface area contributed by atoms with E-state index in [1.807, 2.05) is 7.05 Å². The van der Waals surface area contributed by atoms with E-state index in [2.05, 4.69) is 10.2 Å². The van der Waals surface area contributed by atoms with E-state index in [4.69, 9.17) is 9.84 Å². The standard InChI is InChI=1S/C11H24N2O3/c1-13(8-10-16-2)7-6-12-11(15)5-3-4-9-14/h14H,3-10H2,1-2H3,(H,12,15). The average Bonchev–Trinajstić information content (AvgIpc) is 2.26. The second-order valence-electron chi connectivity index (χ2n) is 3.83. The summed E-state index contributed by atoms with van der Waals surface area (Å²) in [5.74, 6) is 0.0635. The first-order chi connectivity index (χ1) is 7.70. The fraction of sp³-hybridized carbons (Fsp3) is 0.909. The van der Waals surface area contributed by atoms with E-state index >= 15 is 0 Å². The van der Waals surface area contributed by atoms with Crippen molar-refractivity contribution in [2.75, 3.05) is 47.0 Å². The van der Waals surface area contributed by atoms with Crippen molar-refractivity contribution < 1.29 is 14.6 Å². The SMILES string of the molecule is COCCN(C)CCNC(=O)CCCCO. The van der Waals surface area contributed by atoms with Crippen LogP contribution in [-0.4, -0.2) is 62.9 Å². The van der Waals surface area contributed by atoms with Crippen molar-refractivity contribution in [1.82, 2.24) is 10.2 Å². The molecule has 5 heteroatoms. The Labute approximate surface area is 97.8 Å². The van der Waals surface area contributed by atoms with Crippen molar-refractivity contribution >= 4 is 5.91 Å². The van der Waals surface area contributed by atoms with Crippen molar-refractivity contribution in [2.45, 2.75) is 19.3 Å². The second-order valence-corrected chi connectivity index (χ2v) is 3.83. The zero-order chi connectivity index (χ0) is 12.2. The van der Waals surface area contributed by atoms with Crippen LogP contribution in [0.3, 0.4) is 0 Å². The number of unbranched alkanes of at least 4 members (excludes halogenated alkanes) is 1. The Balaban J connectivity index is 3.32. The van der Waals surface area contributed by atoms with Crippen molar-refractivity contribution in [3.05, 3.63) is 0 Å². The van der Waals surface area contributed by atoms with Gasteiger partial charge in [0.2, 0.25) is 5.91 Å². The van der Waals surface area contributed by atoms with E-state index in [1.165, 1.54) is 0 Å². The molecule has 0 aromatic heterocycles. The largest absolute Gasteiger partial charge is 0.396 e. The summed E-state index contributed by atoms with van der Waals surface area (Å²) in [6.45, 7) is 3.23. The second kappa shape index (κ2) is 10.9. The van der Waals surface area contributed by atoms with Gasteiger partial charge in [0, 0.05) is 39.8 Å². The number of carbonyl (C=O) groups excluding carboxylic acids is 1. The zero-order valence-corrected chi connectivity index (χ0v) is 10.4. The Hall–Kier alpha value is -0.650.